The number of hydrogen-bond acceptors (Lipinski definition) is 2. The number of carbonyl (C=O) groups is 1. The number of rotatable bonds is 2. The van der Waals surface area contributed by atoms with Crippen LogP contribution in [0.5, 0.6) is 0 Å². The zero-order chi connectivity index (χ0) is 10.8. The molecule has 1 aromatic heterocycles. The van der Waals surface area contributed by atoms with Crippen molar-refractivity contribution in [1.29, 1.82) is 0 Å². The molecule has 2 rings (SSSR count). The Hall–Kier alpha value is -1.29. The van der Waals surface area contributed by atoms with E-state index in [1.54, 1.807) is 0 Å². The minimum absolute atomic E-state index is 0.0355. The Balaban J connectivity index is 2.24. The minimum Gasteiger partial charge on any atom is -0.351 e. The van der Waals surface area contributed by atoms with Gasteiger partial charge in [-0.15, -0.1) is 0 Å². The fourth-order valence-corrected chi connectivity index (χ4v) is 1.99. The molecule has 1 aromatic rings. The first-order valence-electron chi connectivity index (χ1n) is 5.37. The maximum absolute atomic E-state index is 11.7. The van der Waals surface area contributed by atoms with Crippen LogP contribution in [0.4, 0.5) is 0 Å². The first-order chi connectivity index (χ1) is 7.22. The Labute approximate surface area is 89.9 Å². The molecule has 15 heavy (non-hydrogen) atoms. The zero-order valence-electron chi connectivity index (χ0n) is 9.29. The molecule has 0 saturated heterocycles. The summed E-state index contributed by atoms with van der Waals surface area (Å²) in [7, 11) is 2.10. The number of carbonyl (C=O) groups excluding carboxylic acids is 1. The molecule has 0 unspecified atom stereocenters. The molecule has 0 atom stereocenters. The lowest BCUT2D eigenvalue weighted by atomic mass is 10.3. The molecule has 0 saturated carbocycles. The van der Waals surface area contributed by atoms with Crippen molar-refractivity contribution >= 4 is 5.91 Å². The van der Waals surface area contributed by atoms with Crippen LogP contribution in [-0.2, 0) is 13.1 Å². The van der Waals surface area contributed by atoms with Gasteiger partial charge in [-0.25, -0.2) is 0 Å². The SMILES string of the molecule is CCNC(=O)c1ccc2n1CCN(C)C2. The molecule has 0 bridgehead atoms. The van der Waals surface area contributed by atoms with Crippen LogP contribution in [0.15, 0.2) is 12.1 Å². The molecule has 1 aliphatic heterocycles. The van der Waals surface area contributed by atoms with Crippen molar-refractivity contribution in [3.05, 3.63) is 23.5 Å². The van der Waals surface area contributed by atoms with E-state index in [1.807, 2.05) is 19.1 Å². The summed E-state index contributed by atoms with van der Waals surface area (Å²) in [4.78, 5) is 14.0. The third-order valence-corrected chi connectivity index (χ3v) is 2.78. The van der Waals surface area contributed by atoms with Crippen molar-refractivity contribution in [3.63, 3.8) is 0 Å². The largest absolute Gasteiger partial charge is 0.351 e. The number of fused-ring (bicyclic) bond motifs is 1. The lowest BCUT2D eigenvalue weighted by Gasteiger charge is -2.25. The number of nitrogens with one attached hydrogen (secondary N) is 1. The molecule has 4 nitrogen and oxygen atoms in total. The number of hydrogen-bond donors (Lipinski definition) is 1. The third-order valence-electron chi connectivity index (χ3n) is 2.78. The van der Waals surface area contributed by atoms with Crippen molar-refractivity contribution in [2.75, 3.05) is 20.1 Å². The molecule has 0 spiro atoms. The van der Waals surface area contributed by atoms with E-state index in [1.165, 1.54) is 5.69 Å². The summed E-state index contributed by atoms with van der Waals surface area (Å²) in [5.41, 5.74) is 2.02. The number of likely N-dealkylation sites (N-methyl/N-ethyl adjacent to an activating group) is 1. The molecule has 0 aliphatic carbocycles. The molecule has 0 aromatic carbocycles. The van der Waals surface area contributed by atoms with Gasteiger partial charge >= 0.3 is 0 Å². The first-order valence-corrected chi connectivity index (χ1v) is 5.37. The second kappa shape index (κ2) is 4.06. The second-order valence-corrected chi connectivity index (χ2v) is 3.96. The molecular formula is C11H17N3O. The van der Waals surface area contributed by atoms with E-state index in [0.29, 0.717) is 6.54 Å². The molecule has 82 valence electrons. The number of nitrogens with zero attached hydrogens (tertiary/aromatic N) is 2. The van der Waals surface area contributed by atoms with Gasteiger partial charge in [0.05, 0.1) is 0 Å². The van der Waals surface area contributed by atoms with Crippen LogP contribution in [0.3, 0.4) is 0 Å². The normalized spacial score (nSPS) is 16.1. The minimum atomic E-state index is 0.0355. The van der Waals surface area contributed by atoms with Gasteiger partial charge in [0.15, 0.2) is 0 Å². The Morgan fingerprint density at radius 2 is 2.27 bits per heavy atom. The van der Waals surface area contributed by atoms with Gasteiger partial charge in [0.25, 0.3) is 5.91 Å². The summed E-state index contributed by atoms with van der Waals surface area (Å²) in [6.07, 6.45) is 0. The van der Waals surface area contributed by atoms with E-state index in [0.717, 1.165) is 25.3 Å². The summed E-state index contributed by atoms with van der Waals surface area (Å²) in [6.45, 7) is 5.46. The summed E-state index contributed by atoms with van der Waals surface area (Å²) < 4.78 is 2.12. The smallest absolute Gasteiger partial charge is 0.267 e. The van der Waals surface area contributed by atoms with Gasteiger partial charge in [0.2, 0.25) is 0 Å². The Kier molecular flexibility index (Phi) is 2.77. The van der Waals surface area contributed by atoms with Crippen LogP contribution in [0.25, 0.3) is 0 Å². The van der Waals surface area contributed by atoms with Crippen molar-refractivity contribution < 1.29 is 4.79 Å². The Morgan fingerprint density at radius 1 is 1.47 bits per heavy atom. The van der Waals surface area contributed by atoms with Gasteiger partial charge < -0.3 is 9.88 Å². The van der Waals surface area contributed by atoms with Gasteiger partial charge in [-0.1, -0.05) is 0 Å². The van der Waals surface area contributed by atoms with E-state index < -0.39 is 0 Å². The van der Waals surface area contributed by atoms with Gasteiger partial charge in [0, 0.05) is 31.9 Å². The first kappa shape index (κ1) is 10.2. The topological polar surface area (TPSA) is 37.3 Å². The van der Waals surface area contributed by atoms with Crippen LogP contribution < -0.4 is 5.32 Å². The van der Waals surface area contributed by atoms with Crippen LogP contribution in [-0.4, -0.2) is 35.5 Å². The van der Waals surface area contributed by atoms with Crippen LogP contribution >= 0.6 is 0 Å². The molecule has 1 aliphatic rings. The molecule has 2 heterocycles. The highest BCUT2D eigenvalue weighted by atomic mass is 16.1. The monoisotopic (exact) mass is 207 g/mol. The maximum atomic E-state index is 11.7. The van der Waals surface area contributed by atoms with Crippen LogP contribution in [0.1, 0.15) is 23.1 Å². The van der Waals surface area contributed by atoms with E-state index in [9.17, 15) is 4.79 Å². The lowest BCUT2D eigenvalue weighted by Crippen LogP contribution is -2.33. The molecular weight excluding hydrogens is 190 g/mol. The fraction of sp³-hybridized carbons (Fsp3) is 0.545. The third kappa shape index (κ3) is 1.90. The highest BCUT2D eigenvalue weighted by Gasteiger charge is 2.18. The van der Waals surface area contributed by atoms with Gasteiger partial charge in [0.1, 0.15) is 5.69 Å². The Morgan fingerprint density at radius 3 is 3.00 bits per heavy atom. The molecule has 4 heteroatoms. The summed E-state index contributed by atoms with van der Waals surface area (Å²) >= 11 is 0. The zero-order valence-corrected chi connectivity index (χ0v) is 9.29. The molecule has 0 radical (unpaired) electrons. The summed E-state index contributed by atoms with van der Waals surface area (Å²) in [6, 6.07) is 3.96. The molecule has 1 N–H and O–H groups in total. The maximum Gasteiger partial charge on any atom is 0.267 e. The van der Waals surface area contributed by atoms with Gasteiger partial charge in [-0.3, -0.25) is 9.69 Å². The van der Waals surface area contributed by atoms with Crippen molar-refractivity contribution in [2.45, 2.75) is 20.0 Å². The summed E-state index contributed by atoms with van der Waals surface area (Å²) in [5, 5.41) is 2.84. The van der Waals surface area contributed by atoms with Crippen LogP contribution in [0.2, 0.25) is 0 Å². The molecule has 1 amide bonds. The summed E-state index contributed by atoms with van der Waals surface area (Å²) in [5.74, 6) is 0.0355. The van der Waals surface area contributed by atoms with Gasteiger partial charge in [-0.2, -0.15) is 0 Å². The second-order valence-electron chi connectivity index (χ2n) is 3.96. The van der Waals surface area contributed by atoms with Crippen molar-refractivity contribution in [3.8, 4) is 0 Å². The molecule has 0 fully saturated rings. The average molecular weight is 207 g/mol. The quantitative estimate of drug-likeness (QED) is 0.774. The Bertz CT molecular complexity index is 370. The number of amides is 1. The number of aromatic nitrogens is 1. The average Bonchev–Trinajstić information content (AvgIpc) is 2.60. The van der Waals surface area contributed by atoms with E-state index >= 15 is 0 Å². The van der Waals surface area contributed by atoms with Crippen molar-refractivity contribution in [1.82, 2.24) is 14.8 Å². The van der Waals surface area contributed by atoms with E-state index in [-0.39, 0.29) is 5.91 Å². The van der Waals surface area contributed by atoms with Gasteiger partial charge in [-0.05, 0) is 26.1 Å². The standard InChI is InChI=1S/C11H17N3O/c1-3-12-11(15)10-5-4-9-8-13(2)6-7-14(9)10/h4-5H,3,6-8H2,1-2H3,(H,12,15). The lowest BCUT2D eigenvalue weighted by molar-refractivity contribution is 0.0943. The highest BCUT2D eigenvalue weighted by Crippen LogP contribution is 2.15. The fourth-order valence-electron chi connectivity index (χ4n) is 1.99. The van der Waals surface area contributed by atoms with Crippen LogP contribution in [0, 0.1) is 0 Å². The predicted octanol–water partition coefficient (Wildman–Crippen LogP) is 0.683. The highest BCUT2D eigenvalue weighted by molar-refractivity contribution is 5.92. The predicted molar refractivity (Wildman–Crippen MR) is 58.8 cm³/mol. The van der Waals surface area contributed by atoms with Crippen molar-refractivity contribution in [2.24, 2.45) is 0 Å². The van der Waals surface area contributed by atoms with E-state index in [4.69, 9.17) is 0 Å². The van der Waals surface area contributed by atoms with E-state index in [2.05, 4.69) is 21.8 Å².